The molecule has 0 unspecified atom stereocenters. The zero-order valence-electron chi connectivity index (χ0n) is 14.1. The van der Waals surface area contributed by atoms with Crippen LogP contribution in [0, 0.1) is 0 Å². The Kier molecular flexibility index (Phi) is 4.57. The van der Waals surface area contributed by atoms with E-state index in [0.29, 0.717) is 5.69 Å². The minimum atomic E-state index is -1.59. The molecule has 0 atom stereocenters. The lowest BCUT2D eigenvalue weighted by Gasteiger charge is -2.27. The number of aromatic nitrogens is 1. The van der Waals surface area contributed by atoms with Gasteiger partial charge in [-0.3, -0.25) is 9.59 Å². The first-order valence-corrected chi connectivity index (χ1v) is 7.91. The number of aromatic amines is 1. The first kappa shape index (κ1) is 16.8. The van der Waals surface area contributed by atoms with Crippen molar-refractivity contribution in [3.8, 4) is 0 Å². The summed E-state index contributed by atoms with van der Waals surface area (Å²) in [6.45, 7) is 0. The fraction of sp³-hybridized carbons (Fsp3) is 0.200. The van der Waals surface area contributed by atoms with Crippen LogP contribution in [0.1, 0.15) is 11.3 Å². The van der Waals surface area contributed by atoms with Gasteiger partial charge in [0.05, 0.1) is 14.2 Å². The second-order valence-corrected chi connectivity index (χ2v) is 5.82. The van der Waals surface area contributed by atoms with Gasteiger partial charge in [-0.1, -0.05) is 48.5 Å². The third kappa shape index (κ3) is 2.89. The van der Waals surface area contributed by atoms with Gasteiger partial charge in [-0.25, -0.2) is 0 Å². The molecule has 0 aliphatic carbocycles. The molecule has 0 aliphatic heterocycles. The predicted octanol–water partition coefficient (Wildman–Crippen LogP) is 2.99. The number of nitrogens with one attached hydrogen (secondary N) is 1. The van der Waals surface area contributed by atoms with Gasteiger partial charge in [0, 0.05) is 17.6 Å². The highest BCUT2D eigenvalue weighted by atomic mass is 16.5. The van der Waals surface area contributed by atoms with Crippen LogP contribution in [0.4, 0.5) is 0 Å². The Balaban J connectivity index is 2.21. The van der Waals surface area contributed by atoms with Crippen LogP contribution in [0.3, 0.4) is 0 Å². The predicted molar refractivity (Wildman–Crippen MR) is 94.2 cm³/mol. The molecule has 0 spiro atoms. The summed E-state index contributed by atoms with van der Waals surface area (Å²) in [6.07, 6.45) is 0.139. The van der Waals surface area contributed by atoms with Crippen molar-refractivity contribution in [2.75, 3.05) is 14.2 Å². The van der Waals surface area contributed by atoms with Gasteiger partial charge in [0.2, 0.25) is 5.41 Å². The Morgan fingerprint density at radius 3 is 2.12 bits per heavy atom. The van der Waals surface area contributed by atoms with Gasteiger partial charge in [0.1, 0.15) is 0 Å². The molecule has 2 aromatic carbocycles. The summed E-state index contributed by atoms with van der Waals surface area (Å²) in [6, 6.07) is 18.7. The fourth-order valence-corrected chi connectivity index (χ4v) is 3.10. The molecule has 3 rings (SSSR count). The van der Waals surface area contributed by atoms with E-state index in [9.17, 15) is 9.59 Å². The summed E-state index contributed by atoms with van der Waals surface area (Å²) >= 11 is 0. The molecule has 0 fully saturated rings. The van der Waals surface area contributed by atoms with Gasteiger partial charge in [-0.15, -0.1) is 0 Å². The summed E-state index contributed by atoms with van der Waals surface area (Å²) in [5, 5.41) is 0.905. The quantitative estimate of drug-likeness (QED) is 0.574. The molecule has 1 aromatic heterocycles. The number of hydrogen-bond donors (Lipinski definition) is 1. The highest BCUT2D eigenvalue weighted by molar-refractivity contribution is 6.07. The van der Waals surface area contributed by atoms with Gasteiger partial charge >= 0.3 is 11.9 Å². The Labute approximate surface area is 145 Å². The molecule has 5 heteroatoms. The standard InChI is InChI=1S/C20H19NO4/c1-24-18(22)20(19(23)25-2,13-14-8-4-3-5-9-14)17-12-15-10-6-7-11-16(15)21-17/h3-12,21H,13H2,1-2H3. The lowest BCUT2D eigenvalue weighted by molar-refractivity contribution is -0.162. The minimum Gasteiger partial charge on any atom is -0.468 e. The van der Waals surface area contributed by atoms with Crippen LogP contribution in [0.25, 0.3) is 10.9 Å². The molecule has 128 valence electrons. The second-order valence-electron chi connectivity index (χ2n) is 5.82. The van der Waals surface area contributed by atoms with Gasteiger partial charge in [0.25, 0.3) is 0 Å². The van der Waals surface area contributed by atoms with Crippen molar-refractivity contribution >= 4 is 22.8 Å². The number of hydrogen-bond acceptors (Lipinski definition) is 4. The van der Waals surface area contributed by atoms with Crippen molar-refractivity contribution in [2.45, 2.75) is 11.8 Å². The Morgan fingerprint density at radius 1 is 0.920 bits per heavy atom. The molecule has 1 N–H and O–H groups in total. The van der Waals surface area contributed by atoms with Crippen LogP contribution in [-0.4, -0.2) is 31.1 Å². The topological polar surface area (TPSA) is 68.4 Å². The van der Waals surface area contributed by atoms with E-state index in [1.165, 1.54) is 14.2 Å². The highest BCUT2D eigenvalue weighted by Crippen LogP contribution is 2.33. The minimum absolute atomic E-state index is 0.139. The van der Waals surface area contributed by atoms with Crippen LogP contribution in [0.15, 0.2) is 60.7 Å². The lowest BCUT2D eigenvalue weighted by Crippen LogP contribution is -2.47. The van der Waals surface area contributed by atoms with Gasteiger partial charge in [-0.2, -0.15) is 0 Å². The number of benzene rings is 2. The van der Waals surface area contributed by atoms with Crippen molar-refractivity contribution in [3.05, 3.63) is 71.9 Å². The number of H-pyrrole nitrogens is 1. The van der Waals surface area contributed by atoms with E-state index in [2.05, 4.69) is 4.98 Å². The normalized spacial score (nSPS) is 11.3. The van der Waals surface area contributed by atoms with Gasteiger partial charge in [0.15, 0.2) is 0 Å². The maximum atomic E-state index is 12.8. The first-order chi connectivity index (χ1) is 12.1. The number of methoxy groups -OCH3 is 2. The number of ether oxygens (including phenoxy) is 2. The van der Waals surface area contributed by atoms with Gasteiger partial charge in [-0.05, 0) is 23.1 Å². The molecule has 0 aliphatic rings. The van der Waals surface area contributed by atoms with E-state index >= 15 is 0 Å². The monoisotopic (exact) mass is 337 g/mol. The van der Waals surface area contributed by atoms with E-state index in [1.54, 1.807) is 6.07 Å². The Bertz CT molecular complexity index is 849. The summed E-state index contributed by atoms with van der Waals surface area (Å²) in [4.78, 5) is 28.7. The van der Waals surface area contributed by atoms with Crippen molar-refractivity contribution in [1.29, 1.82) is 0 Å². The molecule has 1 heterocycles. The number of esters is 2. The van der Waals surface area contributed by atoms with Gasteiger partial charge < -0.3 is 14.5 Å². The molecule has 25 heavy (non-hydrogen) atoms. The summed E-state index contributed by atoms with van der Waals surface area (Å²) in [7, 11) is 2.54. The van der Waals surface area contributed by atoms with Crippen LogP contribution >= 0.6 is 0 Å². The first-order valence-electron chi connectivity index (χ1n) is 7.91. The molecule has 3 aromatic rings. The lowest BCUT2D eigenvalue weighted by atomic mass is 9.78. The molecule has 0 radical (unpaired) electrons. The zero-order valence-corrected chi connectivity index (χ0v) is 14.1. The summed E-state index contributed by atoms with van der Waals surface area (Å²) in [5.74, 6) is -1.32. The summed E-state index contributed by atoms with van der Waals surface area (Å²) < 4.78 is 10.0. The van der Waals surface area contributed by atoms with E-state index in [4.69, 9.17) is 9.47 Å². The third-order valence-corrected chi connectivity index (χ3v) is 4.37. The maximum Gasteiger partial charge on any atom is 0.329 e. The largest absolute Gasteiger partial charge is 0.468 e. The fourth-order valence-electron chi connectivity index (χ4n) is 3.10. The van der Waals surface area contributed by atoms with Crippen molar-refractivity contribution in [3.63, 3.8) is 0 Å². The number of rotatable bonds is 5. The van der Waals surface area contributed by atoms with Crippen LogP contribution in [-0.2, 0) is 30.9 Å². The third-order valence-electron chi connectivity index (χ3n) is 4.37. The van der Waals surface area contributed by atoms with E-state index < -0.39 is 17.4 Å². The molecular formula is C20H19NO4. The molecule has 0 amide bonds. The van der Waals surface area contributed by atoms with Crippen LogP contribution < -0.4 is 0 Å². The van der Waals surface area contributed by atoms with Crippen molar-refractivity contribution < 1.29 is 19.1 Å². The van der Waals surface area contributed by atoms with Crippen LogP contribution in [0.2, 0.25) is 0 Å². The molecule has 5 nitrogen and oxygen atoms in total. The van der Waals surface area contributed by atoms with E-state index in [1.807, 2.05) is 54.6 Å². The zero-order chi connectivity index (χ0) is 17.9. The number of fused-ring (bicyclic) bond motifs is 1. The highest BCUT2D eigenvalue weighted by Gasteiger charge is 2.51. The smallest absolute Gasteiger partial charge is 0.329 e. The molecular weight excluding hydrogens is 318 g/mol. The molecule has 0 saturated carbocycles. The Morgan fingerprint density at radius 2 is 1.52 bits per heavy atom. The van der Waals surface area contributed by atoms with Crippen molar-refractivity contribution in [2.24, 2.45) is 0 Å². The average Bonchev–Trinajstić information content (AvgIpc) is 3.10. The molecule has 0 bridgehead atoms. The number of para-hydroxylation sites is 1. The summed E-state index contributed by atoms with van der Waals surface area (Å²) in [5.41, 5.74) is 0.528. The van der Waals surface area contributed by atoms with Crippen molar-refractivity contribution in [1.82, 2.24) is 4.98 Å². The second kappa shape index (κ2) is 6.81. The van der Waals surface area contributed by atoms with E-state index in [-0.39, 0.29) is 6.42 Å². The maximum absolute atomic E-state index is 12.8. The number of carbonyl (C=O) groups excluding carboxylic acids is 2. The van der Waals surface area contributed by atoms with E-state index in [0.717, 1.165) is 16.5 Å². The SMILES string of the molecule is COC(=O)C(Cc1ccccc1)(C(=O)OC)c1cc2ccccc2[nH]1. The van der Waals surface area contributed by atoms with Crippen LogP contribution in [0.5, 0.6) is 0 Å². The Hall–Kier alpha value is -3.08. The number of carbonyl (C=O) groups is 2. The average molecular weight is 337 g/mol. The molecule has 0 saturated heterocycles.